The topological polar surface area (TPSA) is 0 Å². The molecule has 0 saturated heterocycles. The highest BCUT2D eigenvalue weighted by molar-refractivity contribution is 8.35. The second kappa shape index (κ2) is 3.31. The van der Waals surface area contributed by atoms with Gasteiger partial charge in [0.15, 0.2) is 0 Å². The molecule has 0 saturated carbocycles. The molecule has 0 heterocycles. The summed E-state index contributed by atoms with van der Waals surface area (Å²) in [4.78, 5) is 1.49. The van der Waals surface area contributed by atoms with Gasteiger partial charge in [0, 0.05) is 0 Å². The predicted octanol–water partition coefficient (Wildman–Crippen LogP) is 3.08. The number of hydrogen-bond donors (Lipinski definition) is 0. The van der Waals surface area contributed by atoms with E-state index in [1.807, 2.05) is 0 Å². The van der Waals surface area contributed by atoms with E-state index < -0.39 is 10.0 Å². The fraction of sp³-hybridized carbons (Fsp3) is 0.400. The molecule has 0 amide bonds. The van der Waals surface area contributed by atoms with Crippen LogP contribution in [-0.4, -0.2) is 18.8 Å². The van der Waals surface area contributed by atoms with Gasteiger partial charge in [-0.1, -0.05) is 30.4 Å². The third kappa shape index (κ3) is 2.58. The lowest BCUT2D eigenvalue weighted by atomic mass is 10.4. The van der Waals surface area contributed by atoms with Crippen LogP contribution in [0.5, 0.6) is 0 Å². The summed E-state index contributed by atoms with van der Waals surface area (Å²) >= 11 is 0. The lowest BCUT2D eigenvalue weighted by Gasteiger charge is -2.26. The van der Waals surface area contributed by atoms with Gasteiger partial charge in [-0.3, -0.25) is 0 Å². The zero-order chi connectivity index (χ0) is 8.32. The van der Waals surface area contributed by atoms with Crippen molar-refractivity contribution in [2.24, 2.45) is 0 Å². The van der Waals surface area contributed by atoms with Gasteiger partial charge in [-0.25, -0.2) is 10.0 Å². The molecule has 0 bridgehead atoms. The Morgan fingerprint density at radius 2 is 1.91 bits per heavy atom. The maximum atomic E-state index is 2.32. The molecule has 0 atom stereocenters. The fourth-order valence-electron chi connectivity index (χ4n) is 0.968. The molecule has 0 aromatic heterocycles. The minimum Gasteiger partial charge on any atom is -0.223 e. The third-order valence-electron chi connectivity index (χ3n) is 1.66. The van der Waals surface area contributed by atoms with E-state index in [1.54, 1.807) is 0 Å². The number of rotatable bonds is 1. The Bertz CT molecular complexity index is 214. The summed E-state index contributed by atoms with van der Waals surface area (Å²) in [6.07, 6.45) is 19.1. The number of allylic oxidation sites excluding steroid dienone is 5. The van der Waals surface area contributed by atoms with E-state index in [0.717, 1.165) is 6.42 Å². The Kier molecular flexibility index (Phi) is 2.61. The van der Waals surface area contributed by atoms with E-state index in [1.165, 1.54) is 4.91 Å². The Morgan fingerprint density at radius 3 is 2.55 bits per heavy atom. The van der Waals surface area contributed by atoms with Crippen LogP contribution in [0.4, 0.5) is 0 Å². The Morgan fingerprint density at radius 1 is 1.18 bits per heavy atom. The molecular formula is C10H16S. The summed E-state index contributed by atoms with van der Waals surface area (Å²) < 4.78 is 0. The average molecular weight is 168 g/mol. The van der Waals surface area contributed by atoms with Gasteiger partial charge in [-0.05, 0) is 30.1 Å². The lowest BCUT2D eigenvalue weighted by molar-refractivity contribution is 1.40. The van der Waals surface area contributed by atoms with Gasteiger partial charge in [0.2, 0.25) is 0 Å². The van der Waals surface area contributed by atoms with Gasteiger partial charge >= 0.3 is 0 Å². The Balaban J connectivity index is 2.86. The van der Waals surface area contributed by atoms with Gasteiger partial charge in [-0.15, -0.1) is 0 Å². The molecule has 0 aromatic rings. The van der Waals surface area contributed by atoms with Gasteiger partial charge in [-0.2, -0.15) is 0 Å². The van der Waals surface area contributed by atoms with Crippen molar-refractivity contribution in [3.8, 4) is 0 Å². The molecule has 0 aliphatic heterocycles. The van der Waals surface area contributed by atoms with Crippen LogP contribution in [0.25, 0.3) is 0 Å². The van der Waals surface area contributed by atoms with E-state index in [2.05, 4.69) is 49.1 Å². The van der Waals surface area contributed by atoms with Crippen LogP contribution in [-0.2, 0) is 0 Å². The molecule has 1 aliphatic rings. The fourth-order valence-corrected chi connectivity index (χ4v) is 1.96. The summed E-state index contributed by atoms with van der Waals surface area (Å²) in [6.45, 7) is 0. The summed E-state index contributed by atoms with van der Waals surface area (Å²) in [7, 11) is -0.526. The molecule has 0 unspecified atom stereocenters. The maximum absolute atomic E-state index is 2.32. The SMILES string of the molecule is CS(C)(C)C1=CC=CCC=C1. The second-order valence-electron chi connectivity index (χ2n) is 3.47. The van der Waals surface area contributed by atoms with Crippen molar-refractivity contribution < 1.29 is 0 Å². The van der Waals surface area contributed by atoms with Crippen LogP contribution in [0.15, 0.2) is 35.3 Å². The van der Waals surface area contributed by atoms with E-state index in [0.29, 0.717) is 0 Å². The largest absolute Gasteiger partial charge is 0.223 e. The van der Waals surface area contributed by atoms with Gasteiger partial charge in [0.25, 0.3) is 0 Å². The van der Waals surface area contributed by atoms with Crippen LogP contribution in [0.3, 0.4) is 0 Å². The molecule has 0 radical (unpaired) electrons. The van der Waals surface area contributed by atoms with E-state index in [-0.39, 0.29) is 0 Å². The quantitative estimate of drug-likeness (QED) is 0.564. The highest BCUT2D eigenvalue weighted by Gasteiger charge is 2.07. The first kappa shape index (κ1) is 8.66. The van der Waals surface area contributed by atoms with Crippen molar-refractivity contribution in [3.05, 3.63) is 35.3 Å². The van der Waals surface area contributed by atoms with Gasteiger partial charge in [0.05, 0.1) is 0 Å². The van der Waals surface area contributed by atoms with Crippen LogP contribution in [0, 0.1) is 0 Å². The normalized spacial score (nSPS) is 19.4. The van der Waals surface area contributed by atoms with Crippen LogP contribution in [0.2, 0.25) is 0 Å². The summed E-state index contributed by atoms with van der Waals surface area (Å²) in [5, 5.41) is 0. The minimum absolute atomic E-state index is 0.526. The van der Waals surface area contributed by atoms with Crippen molar-refractivity contribution in [2.75, 3.05) is 18.8 Å². The standard InChI is InChI=1S/C10H16S/c1-11(2,3)10-8-6-4-5-7-9-10/h4,6-9H,5H2,1-3H3. The van der Waals surface area contributed by atoms with Crippen molar-refractivity contribution >= 4 is 10.0 Å². The second-order valence-corrected chi connectivity index (χ2v) is 7.62. The molecule has 0 aromatic carbocycles. The Labute approximate surface area is 71.0 Å². The summed E-state index contributed by atoms with van der Waals surface area (Å²) in [6, 6.07) is 0. The molecule has 1 aliphatic carbocycles. The highest BCUT2D eigenvalue weighted by Crippen LogP contribution is 2.45. The molecule has 0 nitrogen and oxygen atoms in total. The first-order valence-electron chi connectivity index (χ1n) is 3.82. The lowest BCUT2D eigenvalue weighted by Crippen LogP contribution is -1.92. The third-order valence-corrected chi connectivity index (χ3v) is 3.34. The molecule has 11 heavy (non-hydrogen) atoms. The minimum atomic E-state index is -0.526. The molecule has 62 valence electrons. The maximum Gasteiger partial charge on any atom is -0.0110 e. The highest BCUT2D eigenvalue weighted by atomic mass is 32.3. The van der Waals surface area contributed by atoms with Gasteiger partial charge in [0.1, 0.15) is 0 Å². The molecule has 0 fully saturated rings. The zero-order valence-corrected chi connectivity index (χ0v) is 8.32. The monoisotopic (exact) mass is 168 g/mol. The molecule has 1 heteroatoms. The molecule has 0 N–H and O–H groups in total. The number of hydrogen-bond acceptors (Lipinski definition) is 0. The summed E-state index contributed by atoms with van der Waals surface area (Å²) in [5.41, 5.74) is 0. The first-order valence-corrected chi connectivity index (χ1v) is 6.68. The molecule has 0 spiro atoms. The predicted molar refractivity (Wildman–Crippen MR) is 56.3 cm³/mol. The van der Waals surface area contributed by atoms with Crippen molar-refractivity contribution in [1.29, 1.82) is 0 Å². The first-order chi connectivity index (χ1) is 5.11. The van der Waals surface area contributed by atoms with Crippen molar-refractivity contribution in [1.82, 2.24) is 0 Å². The van der Waals surface area contributed by atoms with E-state index in [4.69, 9.17) is 0 Å². The van der Waals surface area contributed by atoms with Gasteiger partial charge < -0.3 is 0 Å². The van der Waals surface area contributed by atoms with E-state index in [9.17, 15) is 0 Å². The van der Waals surface area contributed by atoms with Crippen molar-refractivity contribution in [2.45, 2.75) is 6.42 Å². The van der Waals surface area contributed by atoms with Crippen LogP contribution >= 0.6 is 10.0 Å². The Hall–Kier alpha value is -0.430. The zero-order valence-electron chi connectivity index (χ0n) is 7.50. The van der Waals surface area contributed by atoms with E-state index >= 15 is 0 Å². The molecular weight excluding hydrogens is 152 g/mol. The average Bonchev–Trinajstić information content (AvgIpc) is 2.10. The summed E-state index contributed by atoms with van der Waals surface area (Å²) in [5.74, 6) is 0. The smallest absolute Gasteiger partial charge is 0.0110 e. The van der Waals surface area contributed by atoms with Crippen LogP contribution in [0.1, 0.15) is 6.42 Å². The van der Waals surface area contributed by atoms with Crippen LogP contribution < -0.4 is 0 Å². The molecule has 1 rings (SSSR count). The van der Waals surface area contributed by atoms with Crippen molar-refractivity contribution in [3.63, 3.8) is 0 Å².